The molecule has 0 aliphatic carbocycles. The highest BCUT2D eigenvalue weighted by molar-refractivity contribution is 7.14. The van der Waals surface area contributed by atoms with Crippen molar-refractivity contribution in [2.24, 2.45) is 0 Å². The van der Waals surface area contributed by atoms with Crippen LogP contribution in [0.5, 0.6) is 0 Å². The van der Waals surface area contributed by atoms with Gasteiger partial charge in [0.15, 0.2) is 0 Å². The van der Waals surface area contributed by atoms with Crippen molar-refractivity contribution >= 4 is 23.2 Å². The van der Waals surface area contributed by atoms with Crippen molar-refractivity contribution < 1.29 is 14.7 Å². The van der Waals surface area contributed by atoms with Gasteiger partial charge in [-0.2, -0.15) is 0 Å². The summed E-state index contributed by atoms with van der Waals surface area (Å²) in [6.07, 6.45) is 2.02. The fourth-order valence-electron chi connectivity index (χ4n) is 1.43. The standard InChI is InChI=1S/C12H17NO3S/c1-3-4-9-5-6-10(17-9)12(16)13(2)8-7-11(14)15/h5-6H,3-4,7-8H2,1-2H3,(H,14,15). The lowest BCUT2D eigenvalue weighted by Gasteiger charge is -2.14. The molecule has 0 radical (unpaired) electrons. The summed E-state index contributed by atoms with van der Waals surface area (Å²) in [5, 5.41) is 8.55. The Bertz CT molecular complexity index is 400. The van der Waals surface area contributed by atoms with Crippen LogP contribution in [0.15, 0.2) is 12.1 Å². The van der Waals surface area contributed by atoms with Gasteiger partial charge in [0.25, 0.3) is 5.91 Å². The van der Waals surface area contributed by atoms with E-state index in [1.807, 2.05) is 12.1 Å². The highest BCUT2D eigenvalue weighted by atomic mass is 32.1. The molecule has 0 aliphatic rings. The third-order valence-corrected chi connectivity index (χ3v) is 3.51. The summed E-state index contributed by atoms with van der Waals surface area (Å²) < 4.78 is 0. The second kappa shape index (κ2) is 6.39. The summed E-state index contributed by atoms with van der Waals surface area (Å²) in [6.45, 7) is 2.34. The number of amides is 1. The molecular weight excluding hydrogens is 238 g/mol. The van der Waals surface area contributed by atoms with Crippen molar-refractivity contribution in [1.29, 1.82) is 0 Å². The number of carboxylic acid groups (broad SMARTS) is 1. The van der Waals surface area contributed by atoms with Gasteiger partial charge in [-0.05, 0) is 18.6 Å². The topological polar surface area (TPSA) is 57.6 Å². The lowest BCUT2D eigenvalue weighted by molar-refractivity contribution is -0.137. The largest absolute Gasteiger partial charge is 0.481 e. The second-order valence-corrected chi connectivity index (χ2v) is 5.05. The van der Waals surface area contributed by atoms with Gasteiger partial charge in [-0.25, -0.2) is 0 Å². The molecule has 0 spiro atoms. The molecule has 0 saturated carbocycles. The first kappa shape index (κ1) is 13.7. The molecule has 0 unspecified atom stereocenters. The minimum Gasteiger partial charge on any atom is -0.481 e. The van der Waals surface area contributed by atoms with Crippen LogP contribution in [0.3, 0.4) is 0 Å². The molecule has 1 rings (SSSR count). The predicted octanol–water partition coefficient (Wildman–Crippen LogP) is 2.25. The first-order chi connectivity index (χ1) is 8.04. The van der Waals surface area contributed by atoms with Gasteiger partial charge in [0, 0.05) is 18.5 Å². The van der Waals surface area contributed by atoms with E-state index in [4.69, 9.17) is 5.11 Å². The maximum atomic E-state index is 11.9. The molecule has 1 amide bonds. The average molecular weight is 255 g/mol. The zero-order chi connectivity index (χ0) is 12.8. The van der Waals surface area contributed by atoms with Crippen molar-refractivity contribution in [1.82, 2.24) is 4.90 Å². The molecule has 1 heterocycles. The van der Waals surface area contributed by atoms with Crippen molar-refractivity contribution in [3.63, 3.8) is 0 Å². The third-order valence-electron chi connectivity index (χ3n) is 2.38. The molecule has 0 aromatic carbocycles. The van der Waals surface area contributed by atoms with Crippen LogP contribution in [0, 0.1) is 0 Å². The van der Waals surface area contributed by atoms with E-state index in [9.17, 15) is 9.59 Å². The van der Waals surface area contributed by atoms with E-state index in [0.717, 1.165) is 12.8 Å². The minimum absolute atomic E-state index is 0.0184. The number of aryl methyl sites for hydroxylation is 1. The second-order valence-electron chi connectivity index (χ2n) is 3.89. The number of hydrogen-bond donors (Lipinski definition) is 1. The van der Waals surface area contributed by atoms with Gasteiger partial charge in [-0.1, -0.05) is 13.3 Å². The summed E-state index contributed by atoms with van der Waals surface area (Å²) in [5.74, 6) is -0.985. The van der Waals surface area contributed by atoms with Crippen molar-refractivity contribution in [3.8, 4) is 0 Å². The van der Waals surface area contributed by atoms with E-state index in [0.29, 0.717) is 4.88 Å². The molecule has 0 atom stereocenters. The van der Waals surface area contributed by atoms with Gasteiger partial charge >= 0.3 is 5.97 Å². The van der Waals surface area contributed by atoms with Crippen LogP contribution in [0.25, 0.3) is 0 Å². The monoisotopic (exact) mass is 255 g/mol. The molecular formula is C12H17NO3S. The Balaban J connectivity index is 2.58. The van der Waals surface area contributed by atoms with E-state index in [-0.39, 0.29) is 18.9 Å². The third kappa shape index (κ3) is 4.19. The molecule has 0 saturated heterocycles. The van der Waals surface area contributed by atoms with Gasteiger partial charge in [-0.15, -0.1) is 11.3 Å². The summed E-state index contributed by atoms with van der Waals surface area (Å²) in [6, 6.07) is 3.78. The molecule has 17 heavy (non-hydrogen) atoms. The zero-order valence-electron chi connectivity index (χ0n) is 10.1. The van der Waals surface area contributed by atoms with E-state index in [1.165, 1.54) is 21.1 Å². The number of carbonyl (C=O) groups excluding carboxylic acids is 1. The number of carbonyl (C=O) groups is 2. The first-order valence-corrected chi connectivity index (χ1v) is 6.42. The lowest BCUT2D eigenvalue weighted by Crippen LogP contribution is -2.28. The Labute approximate surface area is 105 Å². The lowest BCUT2D eigenvalue weighted by atomic mass is 10.3. The van der Waals surface area contributed by atoms with Crippen LogP contribution in [0.4, 0.5) is 0 Å². The normalized spacial score (nSPS) is 10.2. The number of aliphatic carboxylic acids is 1. The quantitative estimate of drug-likeness (QED) is 0.848. The van der Waals surface area contributed by atoms with Crippen LogP contribution in [-0.2, 0) is 11.2 Å². The Morgan fingerprint density at radius 2 is 2.12 bits per heavy atom. The first-order valence-electron chi connectivity index (χ1n) is 5.60. The molecule has 5 heteroatoms. The van der Waals surface area contributed by atoms with Crippen molar-refractivity contribution in [2.75, 3.05) is 13.6 Å². The Morgan fingerprint density at radius 1 is 1.41 bits per heavy atom. The molecule has 1 aromatic rings. The van der Waals surface area contributed by atoms with Gasteiger partial charge in [0.1, 0.15) is 0 Å². The number of rotatable bonds is 6. The fourth-order valence-corrected chi connectivity index (χ4v) is 2.53. The van der Waals surface area contributed by atoms with Crippen molar-refractivity contribution in [2.45, 2.75) is 26.2 Å². The maximum absolute atomic E-state index is 11.9. The molecule has 4 nitrogen and oxygen atoms in total. The van der Waals surface area contributed by atoms with Gasteiger partial charge < -0.3 is 10.0 Å². The van der Waals surface area contributed by atoms with E-state index >= 15 is 0 Å². The molecule has 0 fully saturated rings. The fraction of sp³-hybridized carbons (Fsp3) is 0.500. The summed E-state index contributed by atoms with van der Waals surface area (Å²) in [4.78, 5) is 25.7. The van der Waals surface area contributed by atoms with Crippen LogP contribution >= 0.6 is 11.3 Å². The van der Waals surface area contributed by atoms with E-state index in [2.05, 4.69) is 6.92 Å². The Morgan fingerprint density at radius 3 is 2.71 bits per heavy atom. The van der Waals surface area contributed by atoms with Crippen LogP contribution in [0.1, 0.15) is 34.3 Å². The summed E-state index contributed by atoms with van der Waals surface area (Å²) in [7, 11) is 1.63. The zero-order valence-corrected chi connectivity index (χ0v) is 10.9. The van der Waals surface area contributed by atoms with Crippen LogP contribution in [-0.4, -0.2) is 35.5 Å². The van der Waals surface area contributed by atoms with Gasteiger partial charge in [0.05, 0.1) is 11.3 Å². The number of nitrogens with zero attached hydrogens (tertiary/aromatic N) is 1. The van der Waals surface area contributed by atoms with Crippen LogP contribution < -0.4 is 0 Å². The average Bonchev–Trinajstić information content (AvgIpc) is 2.74. The Kier molecular flexibility index (Phi) is 5.15. The number of thiophene rings is 1. The smallest absolute Gasteiger partial charge is 0.305 e. The van der Waals surface area contributed by atoms with Gasteiger partial charge in [-0.3, -0.25) is 9.59 Å². The highest BCUT2D eigenvalue weighted by Crippen LogP contribution is 2.19. The molecule has 94 valence electrons. The molecule has 0 bridgehead atoms. The number of hydrogen-bond acceptors (Lipinski definition) is 3. The molecule has 1 N–H and O–H groups in total. The maximum Gasteiger partial charge on any atom is 0.305 e. The highest BCUT2D eigenvalue weighted by Gasteiger charge is 2.14. The molecule has 1 aromatic heterocycles. The Hall–Kier alpha value is -1.36. The minimum atomic E-state index is -0.887. The predicted molar refractivity (Wildman–Crippen MR) is 67.5 cm³/mol. The van der Waals surface area contributed by atoms with Gasteiger partial charge in [0.2, 0.25) is 0 Å². The SMILES string of the molecule is CCCc1ccc(C(=O)N(C)CCC(=O)O)s1. The van der Waals surface area contributed by atoms with E-state index < -0.39 is 5.97 Å². The molecule has 0 aliphatic heterocycles. The van der Waals surface area contributed by atoms with Crippen molar-refractivity contribution in [3.05, 3.63) is 21.9 Å². The summed E-state index contributed by atoms with van der Waals surface area (Å²) in [5.41, 5.74) is 0. The van der Waals surface area contributed by atoms with E-state index in [1.54, 1.807) is 7.05 Å². The summed E-state index contributed by atoms with van der Waals surface area (Å²) >= 11 is 1.49. The van der Waals surface area contributed by atoms with Crippen LogP contribution in [0.2, 0.25) is 0 Å². The number of carboxylic acids is 1.